The van der Waals surface area contributed by atoms with Gasteiger partial charge >= 0.3 is 15.2 Å². The minimum absolute atomic E-state index is 0.170. The molecular weight excluding hydrogens is 398 g/mol. The first kappa shape index (κ1) is 27.2. The third-order valence-electron chi connectivity index (χ3n) is 3.11. The molecule has 0 aliphatic carbocycles. The van der Waals surface area contributed by atoms with Gasteiger partial charge in [0.05, 0.1) is 65.2 Å². The predicted molar refractivity (Wildman–Crippen MR) is 104 cm³/mol. The molecule has 0 aliphatic rings. The van der Waals surface area contributed by atoms with Gasteiger partial charge in [0.15, 0.2) is 6.29 Å². The molecule has 0 fully saturated rings. The van der Waals surface area contributed by atoms with Gasteiger partial charge in [0.25, 0.3) is 0 Å². The number of rotatable bonds is 19. The van der Waals surface area contributed by atoms with Gasteiger partial charge in [-0.1, -0.05) is 0 Å². The molecule has 0 aromatic carbocycles. The van der Waals surface area contributed by atoms with Gasteiger partial charge in [-0.05, 0) is 34.6 Å². The smallest absolute Gasteiger partial charge is 0.332 e. The summed E-state index contributed by atoms with van der Waals surface area (Å²) in [6, 6.07) is 0. The Morgan fingerprint density at radius 3 is 1.48 bits per heavy atom. The number of hydrogen-bond acceptors (Lipinski definition) is 9. The monoisotopic (exact) mass is 434 g/mol. The highest BCUT2D eigenvalue weighted by Gasteiger charge is 2.24. The van der Waals surface area contributed by atoms with E-state index >= 15 is 0 Å². The van der Waals surface area contributed by atoms with E-state index < -0.39 is 21.5 Å². The Balaban J connectivity index is 3.87. The molecule has 1 atom stereocenters. The predicted octanol–water partition coefficient (Wildman–Crippen LogP) is 3.91. The lowest BCUT2D eigenvalue weighted by molar-refractivity contribution is -0.135. The molecule has 0 N–H and O–H groups in total. The highest BCUT2D eigenvalue weighted by molar-refractivity contribution is 7.54. The highest BCUT2D eigenvalue weighted by atomic mass is 31.2. The van der Waals surface area contributed by atoms with Gasteiger partial charge in [-0.3, -0.25) is 9.13 Å². The van der Waals surface area contributed by atoms with Crippen LogP contribution in [0.1, 0.15) is 34.6 Å². The standard InChI is InChI=1S/C16H36O9P2/c1-6-22-26(17,23-7-2)14-12-19-10-11-20-16(5)21-13-15-27(18,24-8-3)25-9-4/h16H,6-15H2,1-5H3. The molecular formula is C16H36O9P2. The second-order valence-corrected chi connectivity index (χ2v) is 9.63. The average Bonchev–Trinajstić information content (AvgIpc) is 2.59. The fourth-order valence-electron chi connectivity index (χ4n) is 2.05. The Labute approximate surface area is 163 Å². The number of hydrogen-bond donors (Lipinski definition) is 0. The molecule has 0 amide bonds. The normalized spacial score (nSPS) is 13.8. The molecule has 164 valence electrons. The van der Waals surface area contributed by atoms with Gasteiger partial charge < -0.3 is 32.3 Å². The van der Waals surface area contributed by atoms with Gasteiger partial charge in [-0.2, -0.15) is 0 Å². The summed E-state index contributed by atoms with van der Waals surface area (Å²) < 4.78 is 61.5. The lowest BCUT2D eigenvalue weighted by Gasteiger charge is -2.19. The van der Waals surface area contributed by atoms with E-state index in [-0.39, 0.29) is 25.5 Å². The summed E-state index contributed by atoms with van der Waals surface area (Å²) >= 11 is 0. The molecule has 1 unspecified atom stereocenters. The molecule has 9 nitrogen and oxygen atoms in total. The first-order valence-electron chi connectivity index (χ1n) is 9.41. The molecule has 0 saturated carbocycles. The van der Waals surface area contributed by atoms with E-state index in [9.17, 15) is 9.13 Å². The van der Waals surface area contributed by atoms with Crippen molar-refractivity contribution in [3.8, 4) is 0 Å². The lowest BCUT2D eigenvalue weighted by atomic mass is 10.7. The van der Waals surface area contributed by atoms with Crippen molar-refractivity contribution in [1.82, 2.24) is 0 Å². The molecule has 0 rings (SSSR count). The zero-order valence-electron chi connectivity index (χ0n) is 17.2. The Morgan fingerprint density at radius 2 is 1.04 bits per heavy atom. The lowest BCUT2D eigenvalue weighted by Crippen LogP contribution is -2.19. The quantitative estimate of drug-likeness (QED) is 0.170. The first-order valence-corrected chi connectivity index (χ1v) is 12.9. The summed E-state index contributed by atoms with van der Waals surface area (Å²) in [5, 5.41) is 0. The Hall–Kier alpha value is 0.180. The second-order valence-electron chi connectivity index (χ2n) is 5.26. The van der Waals surface area contributed by atoms with Crippen LogP contribution in [0.2, 0.25) is 0 Å². The summed E-state index contributed by atoms with van der Waals surface area (Å²) in [5.74, 6) is 0. The third kappa shape index (κ3) is 13.9. The largest absolute Gasteiger partial charge is 0.378 e. The van der Waals surface area contributed by atoms with E-state index in [2.05, 4.69) is 0 Å². The maximum absolute atomic E-state index is 12.3. The van der Waals surface area contributed by atoms with Crippen molar-refractivity contribution in [2.75, 3.05) is 65.2 Å². The van der Waals surface area contributed by atoms with E-state index in [1.807, 2.05) is 0 Å². The van der Waals surface area contributed by atoms with E-state index in [1.165, 1.54) is 0 Å². The van der Waals surface area contributed by atoms with Gasteiger partial charge in [0.2, 0.25) is 0 Å². The molecule has 0 aliphatic heterocycles. The summed E-state index contributed by atoms with van der Waals surface area (Å²) in [6.07, 6.45) is -0.114. The molecule has 11 heteroatoms. The van der Waals surface area contributed by atoms with Crippen LogP contribution >= 0.6 is 15.2 Å². The maximum atomic E-state index is 12.3. The van der Waals surface area contributed by atoms with Crippen LogP contribution in [-0.4, -0.2) is 71.5 Å². The van der Waals surface area contributed by atoms with Crippen LogP contribution < -0.4 is 0 Å². The zero-order valence-corrected chi connectivity index (χ0v) is 19.0. The van der Waals surface area contributed by atoms with E-state index in [0.29, 0.717) is 39.6 Å². The fourth-order valence-corrected chi connectivity index (χ4v) is 4.97. The molecule has 0 aromatic heterocycles. The summed E-state index contributed by atoms with van der Waals surface area (Å²) in [5.41, 5.74) is 0. The minimum atomic E-state index is -3.10. The molecule has 27 heavy (non-hydrogen) atoms. The Morgan fingerprint density at radius 1 is 0.630 bits per heavy atom. The topological polar surface area (TPSA) is 98.8 Å². The van der Waals surface area contributed by atoms with Crippen LogP contribution in [0.3, 0.4) is 0 Å². The summed E-state index contributed by atoms with van der Waals surface area (Å²) in [6.45, 7) is 11.2. The van der Waals surface area contributed by atoms with Crippen molar-refractivity contribution in [3.05, 3.63) is 0 Å². The highest BCUT2D eigenvalue weighted by Crippen LogP contribution is 2.48. The fraction of sp³-hybridized carbons (Fsp3) is 1.00. The van der Waals surface area contributed by atoms with Crippen molar-refractivity contribution in [1.29, 1.82) is 0 Å². The van der Waals surface area contributed by atoms with Gasteiger partial charge in [-0.25, -0.2) is 0 Å². The summed E-state index contributed by atoms with van der Waals surface area (Å²) in [4.78, 5) is 0. The molecule has 0 bridgehead atoms. The van der Waals surface area contributed by atoms with Crippen LogP contribution in [0.25, 0.3) is 0 Å². The summed E-state index contributed by atoms with van der Waals surface area (Å²) in [7, 11) is -6.17. The molecule has 0 heterocycles. The Kier molecular flexibility index (Phi) is 16.1. The zero-order chi connectivity index (χ0) is 20.6. The van der Waals surface area contributed by atoms with Crippen LogP contribution in [0.15, 0.2) is 0 Å². The maximum Gasteiger partial charge on any atom is 0.332 e. The van der Waals surface area contributed by atoms with Gasteiger partial charge in [0, 0.05) is 0 Å². The van der Waals surface area contributed by atoms with Crippen LogP contribution in [0, 0.1) is 0 Å². The second kappa shape index (κ2) is 16.0. The SMILES string of the molecule is CCOP(=O)(CCOCCOC(C)OCCP(=O)(OCC)OCC)OCC. The van der Waals surface area contributed by atoms with Crippen molar-refractivity contribution < 1.29 is 41.4 Å². The van der Waals surface area contributed by atoms with Crippen molar-refractivity contribution >= 4 is 15.2 Å². The van der Waals surface area contributed by atoms with Crippen molar-refractivity contribution in [2.24, 2.45) is 0 Å². The first-order chi connectivity index (χ1) is 12.8. The van der Waals surface area contributed by atoms with Crippen molar-refractivity contribution in [3.63, 3.8) is 0 Å². The van der Waals surface area contributed by atoms with Crippen LogP contribution in [0.5, 0.6) is 0 Å². The molecule has 0 aromatic rings. The third-order valence-corrected chi connectivity index (χ3v) is 7.18. The molecule has 0 radical (unpaired) electrons. The van der Waals surface area contributed by atoms with Gasteiger partial charge in [-0.15, -0.1) is 0 Å². The van der Waals surface area contributed by atoms with Crippen LogP contribution in [0.4, 0.5) is 0 Å². The van der Waals surface area contributed by atoms with Gasteiger partial charge in [0.1, 0.15) is 0 Å². The van der Waals surface area contributed by atoms with E-state index in [1.54, 1.807) is 34.6 Å². The molecule has 0 spiro atoms. The molecule has 0 saturated heterocycles. The minimum Gasteiger partial charge on any atom is -0.378 e. The van der Waals surface area contributed by atoms with Crippen molar-refractivity contribution in [2.45, 2.75) is 40.9 Å². The average molecular weight is 434 g/mol. The van der Waals surface area contributed by atoms with E-state index in [4.69, 9.17) is 32.3 Å². The van der Waals surface area contributed by atoms with E-state index in [0.717, 1.165) is 0 Å². The number of ether oxygens (including phenoxy) is 3. The Bertz CT molecular complexity index is 428. The van der Waals surface area contributed by atoms with Crippen LogP contribution in [-0.2, 0) is 41.4 Å².